The van der Waals surface area contributed by atoms with Gasteiger partial charge in [-0.05, 0) is 25.5 Å². The molecule has 1 aliphatic heterocycles. The van der Waals surface area contributed by atoms with Crippen LogP contribution in [0.1, 0.15) is 24.6 Å². The predicted molar refractivity (Wildman–Crippen MR) is 67.4 cm³/mol. The van der Waals surface area contributed by atoms with Crippen molar-refractivity contribution in [3.8, 4) is 11.5 Å². The first kappa shape index (κ1) is 11.6. The lowest BCUT2D eigenvalue weighted by Gasteiger charge is -2.19. The lowest BCUT2D eigenvalue weighted by molar-refractivity contribution is 0.393. The van der Waals surface area contributed by atoms with Crippen molar-refractivity contribution < 1.29 is 4.52 Å². The van der Waals surface area contributed by atoms with Crippen LogP contribution in [0.2, 0.25) is 5.02 Å². The second-order valence-electron chi connectivity index (χ2n) is 4.36. The second kappa shape index (κ2) is 5.04. The van der Waals surface area contributed by atoms with Gasteiger partial charge in [0.2, 0.25) is 0 Å². The summed E-state index contributed by atoms with van der Waals surface area (Å²) >= 11 is 6.05. The van der Waals surface area contributed by atoms with Gasteiger partial charge in [-0.1, -0.05) is 16.8 Å². The van der Waals surface area contributed by atoms with Crippen LogP contribution in [0.15, 0.2) is 23.0 Å². The molecular formula is C12H13ClN4O. The Hall–Kier alpha value is -1.46. The summed E-state index contributed by atoms with van der Waals surface area (Å²) in [7, 11) is 0. The van der Waals surface area contributed by atoms with Crippen molar-refractivity contribution in [2.75, 3.05) is 13.1 Å². The van der Waals surface area contributed by atoms with Crippen molar-refractivity contribution in [1.29, 1.82) is 0 Å². The van der Waals surface area contributed by atoms with Crippen molar-refractivity contribution in [2.45, 2.75) is 18.8 Å². The smallest absolute Gasteiger partial charge is 0.259 e. The molecule has 0 saturated carbocycles. The fraction of sp³-hybridized carbons (Fsp3) is 0.417. The first-order valence-corrected chi connectivity index (χ1v) is 6.36. The van der Waals surface area contributed by atoms with Crippen molar-refractivity contribution in [3.05, 3.63) is 29.3 Å². The lowest BCUT2D eigenvalue weighted by Crippen LogP contribution is -2.28. The van der Waals surface area contributed by atoms with E-state index >= 15 is 0 Å². The van der Waals surface area contributed by atoms with Crippen molar-refractivity contribution in [1.82, 2.24) is 20.4 Å². The van der Waals surface area contributed by atoms with Gasteiger partial charge in [0.05, 0.1) is 10.6 Å². The number of pyridine rings is 1. The summed E-state index contributed by atoms with van der Waals surface area (Å²) in [6.45, 7) is 1.97. The Morgan fingerprint density at radius 3 is 3.17 bits per heavy atom. The van der Waals surface area contributed by atoms with Crippen molar-refractivity contribution in [3.63, 3.8) is 0 Å². The first-order chi connectivity index (χ1) is 8.84. The molecule has 2 aromatic heterocycles. The number of hydrogen-bond donors (Lipinski definition) is 1. The van der Waals surface area contributed by atoms with Gasteiger partial charge in [0.25, 0.3) is 5.89 Å². The molecule has 6 heteroatoms. The van der Waals surface area contributed by atoms with Crippen LogP contribution in [0.3, 0.4) is 0 Å². The minimum absolute atomic E-state index is 0.330. The molecule has 94 valence electrons. The monoisotopic (exact) mass is 264 g/mol. The quantitative estimate of drug-likeness (QED) is 0.901. The summed E-state index contributed by atoms with van der Waals surface area (Å²) in [6.07, 6.45) is 5.47. The van der Waals surface area contributed by atoms with E-state index in [1.807, 2.05) is 0 Å². The maximum atomic E-state index is 6.05. The summed E-state index contributed by atoms with van der Waals surface area (Å²) in [5, 5.41) is 7.91. The molecule has 5 nitrogen and oxygen atoms in total. The molecule has 0 aliphatic carbocycles. The van der Waals surface area contributed by atoms with Crippen LogP contribution in [0.4, 0.5) is 0 Å². The van der Waals surface area contributed by atoms with E-state index < -0.39 is 0 Å². The van der Waals surface area contributed by atoms with Gasteiger partial charge in [0, 0.05) is 24.9 Å². The topological polar surface area (TPSA) is 63.8 Å². The van der Waals surface area contributed by atoms with Crippen LogP contribution in [0.5, 0.6) is 0 Å². The van der Waals surface area contributed by atoms with E-state index in [0.29, 0.717) is 16.8 Å². The molecule has 0 amide bonds. The lowest BCUT2D eigenvalue weighted by atomic mass is 9.99. The molecule has 1 unspecified atom stereocenters. The van der Waals surface area contributed by atoms with Gasteiger partial charge in [-0.3, -0.25) is 4.98 Å². The largest absolute Gasteiger partial charge is 0.334 e. The Morgan fingerprint density at radius 1 is 1.44 bits per heavy atom. The average Bonchev–Trinajstić information content (AvgIpc) is 2.90. The second-order valence-corrected chi connectivity index (χ2v) is 4.76. The Morgan fingerprint density at radius 2 is 2.39 bits per heavy atom. The SMILES string of the molecule is Clc1cnccc1-c1nc(C2CCCNC2)no1. The molecule has 1 atom stereocenters. The molecule has 2 aromatic rings. The molecule has 1 aliphatic rings. The maximum Gasteiger partial charge on any atom is 0.259 e. The maximum absolute atomic E-state index is 6.05. The molecule has 0 radical (unpaired) electrons. The zero-order chi connectivity index (χ0) is 12.4. The van der Waals surface area contributed by atoms with Gasteiger partial charge in [-0.15, -0.1) is 0 Å². The Labute approximate surface area is 110 Å². The molecule has 3 rings (SSSR count). The Bertz CT molecular complexity index is 536. The molecule has 18 heavy (non-hydrogen) atoms. The number of halogens is 1. The fourth-order valence-electron chi connectivity index (χ4n) is 2.13. The number of rotatable bonds is 2. The number of nitrogens with zero attached hydrogens (tertiary/aromatic N) is 3. The molecule has 3 heterocycles. The highest BCUT2D eigenvalue weighted by molar-refractivity contribution is 6.32. The normalized spacial score (nSPS) is 19.9. The van der Waals surface area contributed by atoms with E-state index in [1.165, 1.54) is 0 Å². The molecular weight excluding hydrogens is 252 g/mol. The number of nitrogens with one attached hydrogen (secondary N) is 1. The van der Waals surface area contributed by atoms with Crippen LogP contribution in [0, 0.1) is 0 Å². The summed E-state index contributed by atoms with van der Waals surface area (Å²) in [6, 6.07) is 1.78. The number of hydrogen-bond acceptors (Lipinski definition) is 5. The van der Waals surface area contributed by atoms with Gasteiger partial charge in [-0.2, -0.15) is 4.98 Å². The van der Waals surface area contributed by atoms with Crippen molar-refractivity contribution in [2.24, 2.45) is 0 Å². The number of aromatic nitrogens is 3. The minimum Gasteiger partial charge on any atom is -0.334 e. The van der Waals surface area contributed by atoms with Gasteiger partial charge in [-0.25, -0.2) is 0 Å². The van der Waals surface area contributed by atoms with Crippen LogP contribution in [0.25, 0.3) is 11.5 Å². The summed E-state index contributed by atoms with van der Waals surface area (Å²) in [4.78, 5) is 8.37. The van der Waals surface area contributed by atoms with Crippen LogP contribution in [-0.2, 0) is 0 Å². The van der Waals surface area contributed by atoms with Crippen LogP contribution in [-0.4, -0.2) is 28.2 Å². The van der Waals surface area contributed by atoms with Gasteiger partial charge in [0.15, 0.2) is 5.82 Å². The van der Waals surface area contributed by atoms with Gasteiger partial charge in [0.1, 0.15) is 0 Å². The summed E-state index contributed by atoms with van der Waals surface area (Å²) < 4.78 is 5.28. The zero-order valence-electron chi connectivity index (χ0n) is 9.77. The Kier molecular flexibility index (Phi) is 3.25. The van der Waals surface area contributed by atoms with Gasteiger partial charge < -0.3 is 9.84 Å². The molecule has 0 bridgehead atoms. The van der Waals surface area contributed by atoms with E-state index in [0.717, 1.165) is 37.3 Å². The minimum atomic E-state index is 0.330. The molecule has 1 saturated heterocycles. The fourth-order valence-corrected chi connectivity index (χ4v) is 2.33. The van der Waals surface area contributed by atoms with E-state index in [9.17, 15) is 0 Å². The van der Waals surface area contributed by atoms with Crippen molar-refractivity contribution >= 4 is 11.6 Å². The highest BCUT2D eigenvalue weighted by atomic mass is 35.5. The first-order valence-electron chi connectivity index (χ1n) is 5.99. The zero-order valence-corrected chi connectivity index (χ0v) is 10.5. The molecule has 1 fully saturated rings. The predicted octanol–water partition coefficient (Wildman–Crippen LogP) is 2.25. The number of piperidine rings is 1. The van der Waals surface area contributed by atoms with E-state index in [-0.39, 0.29) is 0 Å². The molecule has 0 spiro atoms. The Balaban J connectivity index is 1.87. The van der Waals surface area contributed by atoms with E-state index in [4.69, 9.17) is 16.1 Å². The van der Waals surface area contributed by atoms with E-state index in [2.05, 4.69) is 20.4 Å². The van der Waals surface area contributed by atoms with E-state index in [1.54, 1.807) is 18.5 Å². The van der Waals surface area contributed by atoms with Gasteiger partial charge >= 0.3 is 0 Å². The third-order valence-corrected chi connectivity index (χ3v) is 3.41. The summed E-state index contributed by atoms with van der Waals surface area (Å²) in [5.74, 6) is 1.55. The molecule has 1 N–H and O–H groups in total. The third-order valence-electron chi connectivity index (χ3n) is 3.11. The van der Waals surface area contributed by atoms with Crippen LogP contribution < -0.4 is 5.32 Å². The third kappa shape index (κ3) is 2.23. The summed E-state index contributed by atoms with van der Waals surface area (Å²) in [5.41, 5.74) is 0.731. The molecule has 0 aromatic carbocycles. The average molecular weight is 265 g/mol. The standard InChI is InChI=1S/C12H13ClN4O/c13-10-7-15-5-3-9(10)12-16-11(17-18-12)8-2-1-4-14-6-8/h3,5,7-8,14H,1-2,4,6H2. The van der Waals surface area contributed by atoms with Crippen LogP contribution >= 0.6 is 11.6 Å². The highest BCUT2D eigenvalue weighted by Gasteiger charge is 2.21. The highest BCUT2D eigenvalue weighted by Crippen LogP contribution is 2.27.